The highest BCUT2D eigenvalue weighted by Crippen LogP contribution is 2.43. The van der Waals surface area contributed by atoms with Crippen molar-refractivity contribution in [3.8, 4) is 17.2 Å². The van der Waals surface area contributed by atoms with Gasteiger partial charge in [-0.05, 0) is 24.1 Å². The van der Waals surface area contributed by atoms with Gasteiger partial charge in [0.05, 0.1) is 26.9 Å². The molecule has 2 atom stereocenters. The first kappa shape index (κ1) is 22.0. The molecule has 8 nitrogen and oxygen atoms in total. The number of phenols is 1. The molecule has 8 heteroatoms. The second-order valence-electron chi connectivity index (χ2n) is 8.14. The normalized spacial score (nSPS) is 18.7. The zero-order valence-electron chi connectivity index (χ0n) is 18.5. The molecule has 0 saturated carbocycles. The van der Waals surface area contributed by atoms with Crippen molar-refractivity contribution in [2.75, 3.05) is 33.9 Å². The van der Waals surface area contributed by atoms with E-state index in [-0.39, 0.29) is 30.1 Å². The summed E-state index contributed by atoms with van der Waals surface area (Å²) in [7, 11) is 3.03. The van der Waals surface area contributed by atoms with Gasteiger partial charge < -0.3 is 29.5 Å². The molecule has 32 heavy (non-hydrogen) atoms. The van der Waals surface area contributed by atoms with Crippen LogP contribution >= 0.6 is 0 Å². The van der Waals surface area contributed by atoms with Crippen molar-refractivity contribution in [2.45, 2.75) is 31.9 Å². The van der Waals surface area contributed by atoms with Crippen LogP contribution in [0.1, 0.15) is 46.3 Å². The molecule has 2 amide bonds. The monoisotopic (exact) mass is 440 g/mol. The van der Waals surface area contributed by atoms with Gasteiger partial charge in [-0.1, -0.05) is 12.1 Å². The minimum absolute atomic E-state index is 0.0101. The highest BCUT2D eigenvalue weighted by atomic mass is 16.5. The predicted molar refractivity (Wildman–Crippen MR) is 117 cm³/mol. The zero-order chi connectivity index (χ0) is 22.8. The number of morpholine rings is 1. The summed E-state index contributed by atoms with van der Waals surface area (Å²) in [5.74, 6) is 0.277. The molecular weight excluding hydrogens is 412 g/mol. The van der Waals surface area contributed by atoms with Gasteiger partial charge >= 0.3 is 0 Å². The van der Waals surface area contributed by atoms with Crippen molar-refractivity contribution in [1.29, 1.82) is 0 Å². The Kier molecular flexibility index (Phi) is 6.23. The van der Waals surface area contributed by atoms with Gasteiger partial charge in [-0.3, -0.25) is 9.59 Å². The van der Waals surface area contributed by atoms with Crippen molar-refractivity contribution < 1.29 is 28.9 Å². The molecule has 1 saturated heterocycles. The number of phenolic OH excluding ortho intramolecular Hbond substituents is 1. The van der Waals surface area contributed by atoms with Crippen LogP contribution in [0.5, 0.6) is 17.2 Å². The smallest absolute Gasteiger partial charge is 0.251 e. The van der Waals surface area contributed by atoms with Gasteiger partial charge in [-0.2, -0.15) is 0 Å². The number of nitrogens with one attached hydrogen (secondary N) is 1. The minimum atomic E-state index is -0.470. The summed E-state index contributed by atoms with van der Waals surface area (Å²) in [5.41, 5.74) is 2.84. The van der Waals surface area contributed by atoms with E-state index in [1.54, 1.807) is 17.0 Å². The molecule has 0 aliphatic carbocycles. The molecule has 2 aromatic rings. The average molecular weight is 440 g/mol. The minimum Gasteiger partial charge on any atom is -0.507 e. The SMILES string of the molecule is COc1cc(O)c([C@H](CC(=O)N2CCOC(C)C2)c2ccc3c(c2)CNC3=O)c(OC)c1. The fourth-order valence-corrected chi connectivity index (χ4v) is 4.43. The Bertz CT molecular complexity index is 1040. The van der Waals surface area contributed by atoms with E-state index >= 15 is 0 Å². The van der Waals surface area contributed by atoms with Gasteiger partial charge in [-0.25, -0.2) is 0 Å². The summed E-state index contributed by atoms with van der Waals surface area (Å²) in [6, 6.07) is 8.75. The number of rotatable bonds is 6. The third-order valence-electron chi connectivity index (χ3n) is 6.09. The van der Waals surface area contributed by atoms with E-state index in [0.29, 0.717) is 48.9 Å². The lowest BCUT2D eigenvalue weighted by Crippen LogP contribution is -2.44. The lowest BCUT2D eigenvalue weighted by Gasteiger charge is -2.32. The summed E-state index contributed by atoms with van der Waals surface area (Å²) in [5, 5.41) is 13.7. The topological polar surface area (TPSA) is 97.3 Å². The maximum absolute atomic E-state index is 13.3. The molecule has 0 radical (unpaired) electrons. The number of benzene rings is 2. The van der Waals surface area contributed by atoms with Gasteiger partial charge in [0.25, 0.3) is 5.91 Å². The van der Waals surface area contributed by atoms with E-state index in [0.717, 1.165) is 11.1 Å². The number of aromatic hydroxyl groups is 1. The number of methoxy groups -OCH3 is 2. The van der Waals surface area contributed by atoms with E-state index in [1.165, 1.54) is 20.3 Å². The van der Waals surface area contributed by atoms with Gasteiger partial charge in [-0.15, -0.1) is 0 Å². The van der Waals surface area contributed by atoms with E-state index in [1.807, 2.05) is 19.1 Å². The summed E-state index contributed by atoms with van der Waals surface area (Å²) in [6.45, 7) is 3.95. The summed E-state index contributed by atoms with van der Waals surface area (Å²) >= 11 is 0. The van der Waals surface area contributed by atoms with Gasteiger partial charge in [0, 0.05) is 55.2 Å². The number of carbonyl (C=O) groups is 2. The lowest BCUT2D eigenvalue weighted by molar-refractivity contribution is -0.138. The Labute approximate surface area is 187 Å². The van der Waals surface area contributed by atoms with E-state index < -0.39 is 5.92 Å². The van der Waals surface area contributed by atoms with E-state index in [9.17, 15) is 14.7 Å². The Morgan fingerprint density at radius 1 is 1.28 bits per heavy atom. The largest absolute Gasteiger partial charge is 0.507 e. The van der Waals surface area contributed by atoms with Crippen molar-refractivity contribution >= 4 is 11.8 Å². The fourth-order valence-electron chi connectivity index (χ4n) is 4.43. The molecule has 2 aliphatic rings. The number of amides is 2. The van der Waals surface area contributed by atoms with E-state index in [2.05, 4.69) is 5.32 Å². The second kappa shape index (κ2) is 9.08. The Hall–Kier alpha value is -3.26. The first-order valence-corrected chi connectivity index (χ1v) is 10.7. The molecule has 1 fully saturated rings. The van der Waals surface area contributed by atoms with Crippen LogP contribution in [0.25, 0.3) is 0 Å². The highest BCUT2D eigenvalue weighted by molar-refractivity contribution is 5.98. The molecule has 4 rings (SSSR count). The highest BCUT2D eigenvalue weighted by Gasteiger charge is 2.31. The van der Waals surface area contributed by atoms with Gasteiger partial charge in [0.15, 0.2) is 0 Å². The molecule has 2 N–H and O–H groups in total. The molecule has 0 bridgehead atoms. The molecule has 0 aromatic heterocycles. The molecule has 0 spiro atoms. The Morgan fingerprint density at radius 3 is 2.81 bits per heavy atom. The maximum atomic E-state index is 13.3. The van der Waals surface area contributed by atoms with Crippen LogP contribution < -0.4 is 14.8 Å². The van der Waals surface area contributed by atoms with Gasteiger partial charge in [0.1, 0.15) is 17.2 Å². The third kappa shape index (κ3) is 4.23. The quantitative estimate of drug-likeness (QED) is 0.716. The number of nitrogens with zero attached hydrogens (tertiary/aromatic N) is 1. The molecular formula is C24H28N2O6. The number of hydrogen-bond donors (Lipinski definition) is 2. The van der Waals surface area contributed by atoms with Gasteiger partial charge in [0.2, 0.25) is 5.91 Å². The summed E-state index contributed by atoms with van der Waals surface area (Å²) in [6.07, 6.45) is 0.121. The van der Waals surface area contributed by atoms with E-state index in [4.69, 9.17) is 14.2 Å². The molecule has 2 aromatic carbocycles. The predicted octanol–water partition coefficient (Wildman–Crippen LogP) is 2.42. The number of fused-ring (bicyclic) bond motifs is 1. The van der Waals surface area contributed by atoms with Crippen molar-refractivity contribution in [3.63, 3.8) is 0 Å². The Morgan fingerprint density at radius 2 is 2.09 bits per heavy atom. The van der Waals surface area contributed by atoms with Crippen molar-refractivity contribution in [2.24, 2.45) is 0 Å². The van der Waals surface area contributed by atoms with Crippen LogP contribution in [0.4, 0.5) is 0 Å². The average Bonchev–Trinajstić information content (AvgIpc) is 3.17. The summed E-state index contributed by atoms with van der Waals surface area (Å²) < 4.78 is 16.4. The first-order valence-electron chi connectivity index (χ1n) is 10.7. The van der Waals surface area contributed by atoms with Crippen molar-refractivity contribution in [3.05, 3.63) is 52.6 Å². The molecule has 170 valence electrons. The first-order chi connectivity index (χ1) is 15.4. The third-order valence-corrected chi connectivity index (χ3v) is 6.09. The second-order valence-corrected chi connectivity index (χ2v) is 8.14. The van der Waals surface area contributed by atoms with Crippen LogP contribution in [0.2, 0.25) is 0 Å². The molecule has 2 aliphatic heterocycles. The van der Waals surface area contributed by atoms with Crippen LogP contribution in [0.3, 0.4) is 0 Å². The van der Waals surface area contributed by atoms with Crippen LogP contribution in [-0.4, -0.2) is 61.8 Å². The fraction of sp³-hybridized carbons (Fsp3) is 0.417. The molecule has 1 unspecified atom stereocenters. The number of hydrogen-bond acceptors (Lipinski definition) is 6. The van der Waals surface area contributed by atoms with Crippen LogP contribution in [0.15, 0.2) is 30.3 Å². The summed E-state index contributed by atoms with van der Waals surface area (Å²) in [4.78, 5) is 27.1. The molecule has 2 heterocycles. The zero-order valence-corrected chi connectivity index (χ0v) is 18.5. The number of carbonyl (C=O) groups excluding carboxylic acids is 2. The number of ether oxygens (including phenoxy) is 3. The maximum Gasteiger partial charge on any atom is 0.251 e. The lowest BCUT2D eigenvalue weighted by atomic mass is 9.85. The van der Waals surface area contributed by atoms with Crippen LogP contribution in [-0.2, 0) is 16.1 Å². The Balaban J connectivity index is 1.76. The van der Waals surface area contributed by atoms with Crippen LogP contribution in [0, 0.1) is 0 Å². The van der Waals surface area contributed by atoms with Crippen molar-refractivity contribution in [1.82, 2.24) is 10.2 Å². The standard InChI is InChI=1S/C24H28N2O6/c1-14-13-26(6-7-32-14)22(28)11-19(15-4-5-18-16(8-15)12-25-24(18)29)23-20(27)9-17(30-2)10-21(23)31-3/h4-5,8-10,14,19,27H,6-7,11-13H2,1-3H3,(H,25,29)/t14?,19-/m1/s1.